The summed E-state index contributed by atoms with van der Waals surface area (Å²) in [6.07, 6.45) is 2.08. The molecule has 174 valence electrons. The maximum absolute atomic E-state index is 11.7. The van der Waals surface area contributed by atoms with Gasteiger partial charge in [-0.15, -0.1) is 11.6 Å². The van der Waals surface area contributed by atoms with Crippen molar-refractivity contribution in [3.05, 3.63) is 70.3 Å². The van der Waals surface area contributed by atoms with Crippen molar-refractivity contribution in [2.24, 2.45) is 0 Å². The number of nitriles is 1. The fourth-order valence-electron chi connectivity index (χ4n) is 3.09. The summed E-state index contributed by atoms with van der Waals surface area (Å²) in [6.45, 7) is 1.62. The third-order valence-corrected chi connectivity index (χ3v) is 6.26. The molecule has 3 aromatic rings. The van der Waals surface area contributed by atoms with Crippen LogP contribution in [0.25, 0.3) is 0 Å². The molecule has 0 unspecified atom stereocenters. The average molecular weight is 511 g/mol. The van der Waals surface area contributed by atoms with Gasteiger partial charge in [0.05, 0.1) is 16.5 Å². The van der Waals surface area contributed by atoms with Crippen LogP contribution in [0.2, 0.25) is 5.02 Å². The van der Waals surface area contributed by atoms with E-state index >= 15 is 0 Å². The maximum atomic E-state index is 11.7. The van der Waals surface area contributed by atoms with E-state index in [0.29, 0.717) is 16.9 Å². The number of hydrogen-bond acceptors (Lipinski definition) is 8. The number of benzene rings is 2. The first-order chi connectivity index (χ1) is 15.6. The first kappa shape index (κ1) is 24.9. The Morgan fingerprint density at radius 3 is 2.52 bits per heavy atom. The van der Waals surface area contributed by atoms with E-state index in [1.54, 1.807) is 31.2 Å². The second-order valence-corrected chi connectivity index (χ2v) is 9.94. The summed E-state index contributed by atoms with van der Waals surface area (Å²) in [4.78, 5) is 3.71. The van der Waals surface area contributed by atoms with Crippen molar-refractivity contribution < 1.29 is 27.4 Å². The molecule has 1 N–H and O–H groups in total. The number of aromatic nitrogens is 1. The zero-order chi connectivity index (χ0) is 24.2. The SMILES string of the molecule is C[C@](O)(c1ccc(OCc2ocnc2S(C)(=O)=O)cc1)c1cc(Cl)c(OCCCl)c(C#N)c1. The first-order valence-electron chi connectivity index (χ1n) is 9.59. The predicted octanol–water partition coefficient (Wildman–Crippen LogP) is 4.06. The number of halogens is 2. The predicted molar refractivity (Wildman–Crippen MR) is 121 cm³/mol. The van der Waals surface area contributed by atoms with Gasteiger partial charge in [-0.05, 0) is 42.3 Å². The standard InChI is InChI=1S/C22H20Cl2N2O6S/c1-22(27,16-9-14(11-25)20(18(24)10-16)30-8-7-23)15-3-5-17(6-4-15)31-12-19-21(26-13-32-19)33(2,28)29/h3-6,9-10,13,27H,7-8,12H2,1-2H3/t22-/m0/s1. The van der Waals surface area contributed by atoms with Crippen molar-refractivity contribution in [2.45, 2.75) is 24.2 Å². The van der Waals surface area contributed by atoms with Crippen LogP contribution in [0.3, 0.4) is 0 Å². The van der Waals surface area contributed by atoms with E-state index in [2.05, 4.69) is 4.98 Å². The van der Waals surface area contributed by atoms with Gasteiger partial charge in [-0.1, -0.05) is 23.7 Å². The Bertz CT molecular complexity index is 1280. The van der Waals surface area contributed by atoms with Gasteiger partial charge in [0, 0.05) is 6.26 Å². The maximum Gasteiger partial charge on any atom is 0.200 e. The summed E-state index contributed by atoms with van der Waals surface area (Å²) in [5, 5.41) is 20.7. The number of hydrogen-bond donors (Lipinski definition) is 1. The Labute approximate surface area is 201 Å². The molecule has 11 heteroatoms. The lowest BCUT2D eigenvalue weighted by Gasteiger charge is -2.26. The van der Waals surface area contributed by atoms with Crippen LogP contribution in [0.15, 0.2) is 52.2 Å². The smallest absolute Gasteiger partial charge is 0.200 e. The van der Waals surface area contributed by atoms with E-state index in [1.165, 1.54) is 12.1 Å². The summed E-state index contributed by atoms with van der Waals surface area (Å²) < 4.78 is 39.6. The molecule has 8 nitrogen and oxygen atoms in total. The van der Waals surface area contributed by atoms with E-state index < -0.39 is 15.4 Å². The highest BCUT2D eigenvalue weighted by Gasteiger charge is 2.28. The fourth-order valence-corrected chi connectivity index (χ4v) is 4.20. The molecule has 0 fully saturated rings. The van der Waals surface area contributed by atoms with Gasteiger partial charge in [-0.2, -0.15) is 5.26 Å². The highest BCUT2D eigenvalue weighted by Crippen LogP contribution is 2.37. The van der Waals surface area contributed by atoms with Crippen molar-refractivity contribution in [1.82, 2.24) is 4.98 Å². The van der Waals surface area contributed by atoms with Crippen LogP contribution in [0.4, 0.5) is 0 Å². The van der Waals surface area contributed by atoms with E-state index in [1.807, 2.05) is 6.07 Å². The molecular formula is C22H20Cl2N2O6S. The van der Waals surface area contributed by atoms with Gasteiger partial charge in [0.25, 0.3) is 0 Å². The lowest BCUT2D eigenvalue weighted by molar-refractivity contribution is 0.102. The molecule has 0 spiro atoms. The Kier molecular flexibility index (Phi) is 7.55. The van der Waals surface area contributed by atoms with E-state index in [0.717, 1.165) is 12.6 Å². The van der Waals surface area contributed by atoms with Crippen molar-refractivity contribution in [3.63, 3.8) is 0 Å². The van der Waals surface area contributed by atoms with Gasteiger partial charge in [-0.3, -0.25) is 0 Å². The molecule has 1 atom stereocenters. The molecule has 0 saturated carbocycles. The van der Waals surface area contributed by atoms with Gasteiger partial charge in [-0.25, -0.2) is 13.4 Å². The quantitative estimate of drug-likeness (QED) is 0.427. The summed E-state index contributed by atoms with van der Waals surface area (Å²) in [5.74, 6) is 0.958. The van der Waals surface area contributed by atoms with Crippen molar-refractivity contribution in [2.75, 3.05) is 18.7 Å². The molecule has 0 saturated heterocycles. The van der Waals surface area contributed by atoms with Crippen molar-refractivity contribution >= 4 is 33.0 Å². The van der Waals surface area contributed by atoms with Crippen LogP contribution in [0.1, 0.15) is 29.4 Å². The molecular weight excluding hydrogens is 491 g/mol. The van der Waals surface area contributed by atoms with Crippen LogP contribution in [0.5, 0.6) is 11.5 Å². The Morgan fingerprint density at radius 2 is 1.91 bits per heavy atom. The lowest BCUT2D eigenvalue weighted by Crippen LogP contribution is -2.23. The van der Waals surface area contributed by atoms with Gasteiger partial charge in [0.2, 0.25) is 0 Å². The molecule has 0 amide bonds. The Hall–Kier alpha value is -2.77. The highest BCUT2D eigenvalue weighted by molar-refractivity contribution is 7.90. The van der Waals surface area contributed by atoms with E-state index in [9.17, 15) is 18.8 Å². The Balaban J connectivity index is 1.81. The molecule has 33 heavy (non-hydrogen) atoms. The fraction of sp³-hybridized carbons (Fsp3) is 0.273. The van der Waals surface area contributed by atoms with Crippen molar-refractivity contribution in [3.8, 4) is 17.6 Å². The molecule has 0 aliphatic heterocycles. The van der Waals surface area contributed by atoms with E-state index in [-0.39, 0.29) is 46.2 Å². The lowest BCUT2D eigenvalue weighted by atomic mass is 9.87. The van der Waals surface area contributed by atoms with Crippen LogP contribution < -0.4 is 9.47 Å². The molecule has 1 heterocycles. The minimum Gasteiger partial charge on any atom is -0.489 e. The third kappa shape index (κ3) is 5.60. The molecule has 0 aliphatic rings. The third-order valence-electron chi connectivity index (χ3n) is 4.79. The van der Waals surface area contributed by atoms with Crippen LogP contribution in [-0.4, -0.2) is 37.3 Å². The molecule has 1 aromatic heterocycles. The monoisotopic (exact) mass is 510 g/mol. The topological polar surface area (TPSA) is 123 Å². The number of rotatable bonds is 9. The molecule has 3 rings (SSSR count). The van der Waals surface area contributed by atoms with Crippen LogP contribution >= 0.6 is 23.2 Å². The minimum absolute atomic E-state index is 0.0868. The molecule has 0 radical (unpaired) electrons. The molecule has 2 aromatic carbocycles. The largest absolute Gasteiger partial charge is 0.489 e. The second-order valence-electron chi connectivity index (χ2n) is 7.22. The Morgan fingerprint density at radius 1 is 1.21 bits per heavy atom. The summed E-state index contributed by atoms with van der Waals surface area (Å²) in [7, 11) is -3.54. The van der Waals surface area contributed by atoms with Crippen LogP contribution in [-0.2, 0) is 22.0 Å². The minimum atomic E-state index is -3.54. The molecule has 0 bridgehead atoms. The number of nitrogens with zero attached hydrogens (tertiary/aromatic N) is 2. The van der Waals surface area contributed by atoms with Gasteiger partial charge in [0.1, 0.15) is 30.6 Å². The first-order valence-corrected chi connectivity index (χ1v) is 12.4. The summed E-state index contributed by atoms with van der Waals surface area (Å²) >= 11 is 11.9. The van der Waals surface area contributed by atoms with E-state index in [4.69, 9.17) is 37.1 Å². The number of sulfone groups is 1. The number of oxazole rings is 1. The van der Waals surface area contributed by atoms with Crippen molar-refractivity contribution in [1.29, 1.82) is 5.26 Å². The van der Waals surface area contributed by atoms with Gasteiger partial charge >= 0.3 is 0 Å². The van der Waals surface area contributed by atoms with Crippen LogP contribution in [0, 0.1) is 11.3 Å². The number of aliphatic hydroxyl groups is 1. The summed E-state index contributed by atoms with van der Waals surface area (Å²) in [6, 6.07) is 11.6. The summed E-state index contributed by atoms with van der Waals surface area (Å²) in [5.41, 5.74) is -0.389. The zero-order valence-corrected chi connectivity index (χ0v) is 20.0. The second kappa shape index (κ2) is 10.0. The van der Waals surface area contributed by atoms with Gasteiger partial charge < -0.3 is 19.0 Å². The number of alkyl halides is 1. The normalized spacial score (nSPS) is 13.2. The number of ether oxygens (including phenoxy) is 2. The van der Waals surface area contributed by atoms with Gasteiger partial charge in [0.15, 0.2) is 32.8 Å². The molecule has 0 aliphatic carbocycles. The zero-order valence-electron chi connectivity index (χ0n) is 17.7. The average Bonchev–Trinajstić information content (AvgIpc) is 3.26. The highest BCUT2D eigenvalue weighted by atomic mass is 35.5.